The normalized spacial score (nSPS) is 25.8. The first-order valence-corrected chi connectivity index (χ1v) is 9.30. The van der Waals surface area contributed by atoms with Crippen molar-refractivity contribution in [1.82, 2.24) is 10.6 Å². The highest BCUT2D eigenvalue weighted by Gasteiger charge is 2.38. The summed E-state index contributed by atoms with van der Waals surface area (Å²) in [6, 6.07) is 0.504. The molecule has 1 spiro atoms. The standard InChI is InChI=1S/C16H30N2O2S/c1-15(2,3)18-14(19)4-8-17-13-5-9-20-16(12-13)6-10-21-11-7-16/h13,17H,4-12H2,1-3H3,(H,18,19). The van der Waals surface area contributed by atoms with Crippen LogP contribution < -0.4 is 10.6 Å². The highest BCUT2D eigenvalue weighted by Crippen LogP contribution is 2.37. The molecule has 0 aromatic rings. The Labute approximate surface area is 133 Å². The Morgan fingerprint density at radius 3 is 2.71 bits per heavy atom. The predicted molar refractivity (Wildman–Crippen MR) is 88.8 cm³/mol. The molecule has 0 aromatic heterocycles. The summed E-state index contributed by atoms with van der Waals surface area (Å²) in [5, 5.41) is 6.57. The molecule has 2 aliphatic heterocycles. The van der Waals surface area contributed by atoms with Crippen molar-refractivity contribution in [2.75, 3.05) is 24.7 Å². The Balaban J connectivity index is 1.70. The van der Waals surface area contributed by atoms with Gasteiger partial charge in [0, 0.05) is 31.2 Å². The monoisotopic (exact) mass is 314 g/mol. The summed E-state index contributed by atoms with van der Waals surface area (Å²) in [4.78, 5) is 11.8. The molecule has 2 heterocycles. The highest BCUT2D eigenvalue weighted by atomic mass is 32.2. The number of hydrogen-bond acceptors (Lipinski definition) is 4. The molecule has 2 N–H and O–H groups in total. The van der Waals surface area contributed by atoms with Gasteiger partial charge in [-0.2, -0.15) is 11.8 Å². The third kappa shape index (κ3) is 5.80. The van der Waals surface area contributed by atoms with E-state index in [1.807, 2.05) is 32.5 Å². The fourth-order valence-corrected chi connectivity index (χ4v) is 4.40. The van der Waals surface area contributed by atoms with E-state index in [0.29, 0.717) is 12.5 Å². The molecule has 1 atom stereocenters. The number of carbonyl (C=O) groups is 1. The molecule has 0 aromatic carbocycles. The average molecular weight is 314 g/mol. The van der Waals surface area contributed by atoms with E-state index in [-0.39, 0.29) is 17.0 Å². The van der Waals surface area contributed by atoms with Crippen molar-refractivity contribution in [2.45, 2.75) is 70.1 Å². The molecular weight excluding hydrogens is 284 g/mol. The van der Waals surface area contributed by atoms with Crippen molar-refractivity contribution in [2.24, 2.45) is 0 Å². The molecular formula is C16H30N2O2S. The van der Waals surface area contributed by atoms with Crippen LogP contribution in [0.5, 0.6) is 0 Å². The van der Waals surface area contributed by atoms with Gasteiger partial charge in [0.1, 0.15) is 0 Å². The largest absolute Gasteiger partial charge is 0.375 e. The number of nitrogens with one attached hydrogen (secondary N) is 2. The van der Waals surface area contributed by atoms with E-state index in [1.165, 1.54) is 24.3 Å². The summed E-state index contributed by atoms with van der Waals surface area (Å²) in [5.41, 5.74) is -0.0194. The lowest BCUT2D eigenvalue weighted by atomic mass is 9.85. The lowest BCUT2D eigenvalue weighted by molar-refractivity contribution is -0.122. The third-order valence-corrected chi connectivity index (χ3v) is 5.18. The molecule has 0 bridgehead atoms. The van der Waals surface area contributed by atoms with Crippen LogP contribution in [0.15, 0.2) is 0 Å². The fourth-order valence-electron chi connectivity index (χ4n) is 3.16. The van der Waals surface area contributed by atoms with Crippen molar-refractivity contribution >= 4 is 17.7 Å². The van der Waals surface area contributed by atoms with Crippen LogP contribution in [0, 0.1) is 0 Å². The van der Waals surface area contributed by atoms with Crippen LogP contribution in [0.1, 0.15) is 52.9 Å². The minimum Gasteiger partial charge on any atom is -0.375 e. The van der Waals surface area contributed by atoms with Gasteiger partial charge in [-0.05, 0) is 58.0 Å². The van der Waals surface area contributed by atoms with Gasteiger partial charge in [-0.25, -0.2) is 0 Å². The molecule has 0 radical (unpaired) electrons. The molecule has 5 heteroatoms. The topological polar surface area (TPSA) is 50.4 Å². The Morgan fingerprint density at radius 1 is 1.33 bits per heavy atom. The summed E-state index contributed by atoms with van der Waals surface area (Å²) in [6.07, 6.45) is 5.09. The number of hydrogen-bond donors (Lipinski definition) is 2. The zero-order valence-corrected chi connectivity index (χ0v) is 14.5. The Morgan fingerprint density at radius 2 is 2.05 bits per heavy atom. The van der Waals surface area contributed by atoms with E-state index in [0.717, 1.165) is 26.0 Å². The van der Waals surface area contributed by atoms with Crippen LogP contribution in [0.2, 0.25) is 0 Å². The molecule has 1 amide bonds. The van der Waals surface area contributed by atoms with Gasteiger partial charge in [0.2, 0.25) is 5.91 Å². The van der Waals surface area contributed by atoms with E-state index < -0.39 is 0 Å². The SMILES string of the molecule is CC(C)(C)NC(=O)CCNC1CCOC2(CCSCC2)C1. The van der Waals surface area contributed by atoms with Crippen molar-refractivity contribution in [3.63, 3.8) is 0 Å². The summed E-state index contributed by atoms with van der Waals surface area (Å²) in [5.74, 6) is 2.58. The number of rotatable bonds is 4. The van der Waals surface area contributed by atoms with Crippen LogP contribution >= 0.6 is 11.8 Å². The number of amides is 1. The molecule has 2 saturated heterocycles. The van der Waals surface area contributed by atoms with E-state index in [4.69, 9.17) is 4.74 Å². The van der Waals surface area contributed by atoms with Gasteiger partial charge in [0.05, 0.1) is 5.60 Å². The quantitative estimate of drug-likeness (QED) is 0.836. The zero-order valence-electron chi connectivity index (χ0n) is 13.7. The van der Waals surface area contributed by atoms with Crippen molar-refractivity contribution in [1.29, 1.82) is 0 Å². The first-order valence-electron chi connectivity index (χ1n) is 8.15. The van der Waals surface area contributed by atoms with Gasteiger partial charge in [-0.1, -0.05) is 0 Å². The second-order valence-corrected chi connectivity index (χ2v) is 8.56. The molecule has 0 saturated carbocycles. The first kappa shape index (κ1) is 17.1. The summed E-state index contributed by atoms with van der Waals surface area (Å²) in [6.45, 7) is 7.67. The van der Waals surface area contributed by atoms with Crippen molar-refractivity contribution in [3.05, 3.63) is 0 Å². The maximum absolute atomic E-state index is 11.8. The average Bonchev–Trinajstić information content (AvgIpc) is 2.37. The fraction of sp³-hybridized carbons (Fsp3) is 0.938. The minimum atomic E-state index is -0.139. The van der Waals surface area contributed by atoms with Gasteiger partial charge < -0.3 is 15.4 Å². The Hall–Kier alpha value is -0.260. The molecule has 4 nitrogen and oxygen atoms in total. The molecule has 2 fully saturated rings. The molecule has 2 aliphatic rings. The molecule has 21 heavy (non-hydrogen) atoms. The van der Waals surface area contributed by atoms with E-state index in [2.05, 4.69) is 10.6 Å². The first-order chi connectivity index (χ1) is 9.89. The molecule has 2 rings (SSSR count). The maximum Gasteiger partial charge on any atom is 0.221 e. The lowest BCUT2D eigenvalue weighted by Gasteiger charge is -2.43. The van der Waals surface area contributed by atoms with Crippen molar-refractivity contribution in [3.8, 4) is 0 Å². The number of carbonyl (C=O) groups excluding carboxylic acids is 1. The van der Waals surface area contributed by atoms with Crippen LogP contribution in [-0.2, 0) is 9.53 Å². The van der Waals surface area contributed by atoms with Gasteiger partial charge in [0.25, 0.3) is 0 Å². The van der Waals surface area contributed by atoms with Crippen LogP contribution in [0.3, 0.4) is 0 Å². The summed E-state index contributed by atoms with van der Waals surface area (Å²) in [7, 11) is 0. The summed E-state index contributed by atoms with van der Waals surface area (Å²) < 4.78 is 6.10. The van der Waals surface area contributed by atoms with Gasteiger partial charge in [0.15, 0.2) is 0 Å². The smallest absolute Gasteiger partial charge is 0.221 e. The second kappa shape index (κ2) is 7.34. The van der Waals surface area contributed by atoms with E-state index in [1.54, 1.807) is 0 Å². The Kier molecular flexibility index (Phi) is 5.97. The van der Waals surface area contributed by atoms with E-state index in [9.17, 15) is 4.79 Å². The highest BCUT2D eigenvalue weighted by molar-refractivity contribution is 7.99. The van der Waals surface area contributed by atoms with Gasteiger partial charge >= 0.3 is 0 Å². The van der Waals surface area contributed by atoms with Gasteiger partial charge in [-0.3, -0.25) is 4.79 Å². The Bertz CT molecular complexity index is 343. The lowest BCUT2D eigenvalue weighted by Crippen LogP contribution is -2.49. The van der Waals surface area contributed by atoms with Gasteiger partial charge in [-0.15, -0.1) is 0 Å². The zero-order chi connectivity index (χ0) is 15.3. The van der Waals surface area contributed by atoms with E-state index >= 15 is 0 Å². The molecule has 0 aliphatic carbocycles. The number of ether oxygens (including phenoxy) is 1. The second-order valence-electron chi connectivity index (χ2n) is 7.34. The van der Waals surface area contributed by atoms with Crippen LogP contribution in [0.25, 0.3) is 0 Å². The third-order valence-electron chi connectivity index (χ3n) is 4.20. The van der Waals surface area contributed by atoms with Crippen molar-refractivity contribution < 1.29 is 9.53 Å². The molecule has 1 unspecified atom stereocenters. The summed E-state index contributed by atoms with van der Waals surface area (Å²) >= 11 is 2.04. The minimum absolute atomic E-state index is 0.120. The number of thioether (sulfide) groups is 1. The van der Waals surface area contributed by atoms with Crippen LogP contribution in [0.4, 0.5) is 0 Å². The predicted octanol–water partition coefficient (Wildman–Crippen LogP) is 2.33. The van der Waals surface area contributed by atoms with Crippen LogP contribution in [-0.4, -0.2) is 47.7 Å². The maximum atomic E-state index is 11.8. The molecule has 122 valence electrons.